The largest absolute Gasteiger partial charge is 0.449 e. The summed E-state index contributed by atoms with van der Waals surface area (Å²) in [5.41, 5.74) is 6.13. The van der Waals surface area contributed by atoms with Gasteiger partial charge in [0.2, 0.25) is 0 Å². The first kappa shape index (κ1) is 11.6. The van der Waals surface area contributed by atoms with Gasteiger partial charge < -0.3 is 4.74 Å². The van der Waals surface area contributed by atoms with Crippen LogP contribution in [-0.4, -0.2) is 18.9 Å². The smallest absolute Gasteiger partial charge is 0.427 e. The molecule has 1 amide bonds. The van der Waals surface area contributed by atoms with Gasteiger partial charge in [0, 0.05) is 0 Å². The van der Waals surface area contributed by atoms with E-state index in [0.717, 1.165) is 12.0 Å². The van der Waals surface area contributed by atoms with Gasteiger partial charge in [-0.1, -0.05) is 12.1 Å². The summed E-state index contributed by atoms with van der Waals surface area (Å²) in [6.07, 6.45) is 4.66. The third-order valence-corrected chi connectivity index (χ3v) is 2.77. The molecule has 2 rings (SSSR count). The van der Waals surface area contributed by atoms with Crippen molar-refractivity contribution in [2.75, 3.05) is 6.61 Å². The molecule has 0 atom stereocenters. The summed E-state index contributed by atoms with van der Waals surface area (Å²) in [5.74, 6) is 0. The van der Waals surface area contributed by atoms with Crippen LogP contribution in [0.1, 0.15) is 30.0 Å². The maximum Gasteiger partial charge on any atom is 0.427 e. The van der Waals surface area contributed by atoms with Gasteiger partial charge in [0.25, 0.3) is 0 Å². The van der Waals surface area contributed by atoms with E-state index >= 15 is 0 Å². The quantitative estimate of drug-likeness (QED) is 0.642. The van der Waals surface area contributed by atoms with Crippen LogP contribution in [0, 0.1) is 0 Å². The number of fused-ring (bicyclic) bond motifs is 1. The van der Waals surface area contributed by atoms with Gasteiger partial charge in [-0.3, -0.25) is 0 Å². The van der Waals surface area contributed by atoms with Crippen LogP contribution >= 0.6 is 0 Å². The average molecular weight is 232 g/mol. The summed E-state index contributed by atoms with van der Waals surface area (Å²) in [7, 11) is 0. The summed E-state index contributed by atoms with van der Waals surface area (Å²) in [6.45, 7) is 2.10. The first-order chi connectivity index (χ1) is 8.29. The summed E-state index contributed by atoms with van der Waals surface area (Å²) < 4.78 is 4.69. The number of carbonyl (C=O) groups is 1. The summed E-state index contributed by atoms with van der Waals surface area (Å²) in [5, 5.41) is 3.84. The normalized spacial score (nSPS) is 13.7. The van der Waals surface area contributed by atoms with Gasteiger partial charge in [0.1, 0.15) is 0 Å². The molecule has 1 aliphatic rings. The Bertz CT molecular complexity index is 441. The number of amides is 1. The Kier molecular flexibility index (Phi) is 3.75. The van der Waals surface area contributed by atoms with Gasteiger partial charge >= 0.3 is 6.09 Å². The molecular formula is C13H16N2O2. The van der Waals surface area contributed by atoms with Crippen LogP contribution in [0.2, 0.25) is 0 Å². The predicted octanol–water partition coefficient (Wildman–Crippen LogP) is 2.26. The van der Waals surface area contributed by atoms with E-state index in [4.69, 9.17) is 4.74 Å². The summed E-state index contributed by atoms with van der Waals surface area (Å²) in [4.78, 5) is 11.0. The fourth-order valence-corrected chi connectivity index (χ4v) is 1.99. The van der Waals surface area contributed by atoms with Crippen LogP contribution in [0.3, 0.4) is 0 Å². The van der Waals surface area contributed by atoms with E-state index in [2.05, 4.69) is 22.7 Å². The van der Waals surface area contributed by atoms with Crippen molar-refractivity contribution in [2.45, 2.75) is 26.2 Å². The number of nitrogens with zero attached hydrogens (tertiary/aromatic N) is 1. The minimum atomic E-state index is -0.523. The van der Waals surface area contributed by atoms with E-state index in [1.165, 1.54) is 24.0 Å². The van der Waals surface area contributed by atoms with Gasteiger partial charge in [0.15, 0.2) is 0 Å². The fourth-order valence-electron chi connectivity index (χ4n) is 1.99. The number of aryl methyl sites for hydroxylation is 2. The van der Waals surface area contributed by atoms with Crippen LogP contribution in [0.4, 0.5) is 4.79 Å². The highest BCUT2D eigenvalue weighted by Gasteiger charge is 2.09. The van der Waals surface area contributed by atoms with Gasteiger partial charge in [-0.25, -0.2) is 10.2 Å². The average Bonchev–Trinajstić information content (AvgIpc) is 2.76. The highest BCUT2D eigenvalue weighted by Crippen LogP contribution is 2.22. The van der Waals surface area contributed by atoms with Crippen LogP contribution in [0.15, 0.2) is 23.3 Å². The van der Waals surface area contributed by atoms with E-state index < -0.39 is 6.09 Å². The van der Waals surface area contributed by atoms with Crippen molar-refractivity contribution in [1.29, 1.82) is 0 Å². The molecule has 0 unspecified atom stereocenters. The molecule has 0 saturated heterocycles. The predicted molar refractivity (Wildman–Crippen MR) is 66.2 cm³/mol. The van der Waals surface area contributed by atoms with Crippen LogP contribution in [0.5, 0.6) is 0 Å². The molecular weight excluding hydrogens is 216 g/mol. The van der Waals surface area contributed by atoms with E-state index in [9.17, 15) is 4.79 Å². The molecule has 1 N–H and O–H groups in total. The standard InChI is InChI=1S/C13H16N2O2/c1-2-17-13(16)15-14-9-10-6-7-11-4-3-5-12(11)8-10/h6-9H,2-5H2,1H3,(H,15,16)/b14-9+. The maximum atomic E-state index is 11.0. The van der Waals surface area contributed by atoms with Crippen LogP contribution in [-0.2, 0) is 17.6 Å². The molecule has 4 heteroatoms. The third kappa shape index (κ3) is 3.06. The zero-order valence-electron chi connectivity index (χ0n) is 9.90. The molecule has 0 saturated carbocycles. The number of carbonyl (C=O) groups excluding carboxylic acids is 1. The second kappa shape index (κ2) is 5.48. The van der Waals surface area contributed by atoms with Crippen LogP contribution in [0.25, 0.3) is 0 Å². The molecule has 0 aliphatic heterocycles. The molecule has 0 heterocycles. The third-order valence-electron chi connectivity index (χ3n) is 2.77. The SMILES string of the molecule is CCOC(=O)N/N=C/c1ccc2c(c1)CCC2. The van der Waals surface area contributed by atoms with Crippen molar-refractivity contribution < 1.29 is 9.53 Å². The number of hydrogen-bond donors (Lipinski definition) is 1. The summed E-state index contributed by atoms with van der Waals surface area (Å²) >= 11 is 0. The first-order valence-electron chi connectivity index (χ1n) is 5.87. The molecule has 1 aromatic carbocycles. The monoisotopic (exact) mass is 232 g/mol. The minimum absolute atomic E-state index is 0.347. The lowest BCUT2D eigenvalue weighted by atomic mass is 10.1. The Morgan fingerprint density at radius 3 is 3.12 bits per heavy atom. The number of nitrogens with one attached hydrogen (secondary N) is 1. The fraction of sp³-hybridized carbons (Fsp3) is 0.385. The molecule has 17 heavy (non-hydrogen) atoms. The molecule has 0 fully saturated rings. The van der Waals surface area contributed by atoms with Gasteiger partial charge in [-0.2, -0.15) is 5.10 Å². The van der Waals surface area contributed by atoms with E-state index in [-0.39, 0.29) is 0 Å². The number of hydrazone groups is 1. The Labute approximate surface area is 101 Å². The molecule has 0 aromatic heterocycles. The lowest BCUT2D eigenvalue weighted by Gasteiger charge is -2.01. The maximum absolute atomic E-state index is 11.0. The Morgan fingerprint density at radius 2 is 2.29 bits per heavy atom. The van der Waals surface area contributed by atoms with Crippen molar-refractivity contribution >= 4 is 12.3 Å². The zero-order chi connectivity index (χ0) is 12.1. The Morgan fingerprint density at radius 1 is 1.47 bits per heavy atom. The zero-order valence-corrected chi connectivity index (χ0v) is 9.90. The molecule has 0 spiro atoms. The second-order valence-electron chi connectivity index (χ2n) is 3.97. The number of benzene rings is 1. The van der Waals surface area contributed by atoms with Gasteiger partial charge in [-0.15, -0.1) is 0 Å². The van der Waals surface area contributed by atoms with Crippen molar-refractivity contribution in [2.24, 2.45) is 5.10 Å². The lowest BCUT2D eigenvalue weighted by Crippen LogP contribution is -2.18. The van der Waals surface area contributed by atoms with E-state index in [1.807, 2.05) is 6.07 Å². The first-order valence-corrected chi connectivity index (χ1v) is 5.87. The molecule has 0 bridgehead atoms. The number of ether oxygens (including phenoxy) is 1. The van der Waals surface area contributed by atoms with Crippen molar-refractivity contribution in [1.82, 2.24) is 5.43 Å². The highest BCUT2D eigenvalue weighted by molar-refractivity contribution is 5.81. The van der Waals surface area contributed by atoms with Crippen molar-refractivity contribution in [3.63, 3.8) is 0 Å². The Hall–Kier alpha value is -1.84. The summed E-state index contributed by atoms with van der Waals surface area (Å²) in [6, 6.07) is 6.27. The molecule has 1 aromatic rings. The van der Waals surface area contributed by atoms with E-state index in [1.54, 1.807) is 13.1 Å². The second-order valence-corrected chi connectivity index (χ2v) is 3.97. The molecule has 1 aliphatic carbocycles. The van der Waals surface area contributed by atoms with Crippen molar-refractivity contribution in [3.05, 3.63) is 34.9 Å². The lowest BCUT2D eigenvalue weighted by molar-refractivity contribution is 0.152. The minimum Gasteiger partial charge on any atom is -0.449 e. The van der Waals surface area contributed by atoms with E-state index in [0.29, 0.717) is 6.61 Å². The van der Waals surface area contributed by atoms with Crippen LogP contribution < -0.4 is 5.43 Å². The molecule has 90 valence electrons. The highest BCUT2D eigenvalue weighted by atomic mass is 16.5. The Balaban J connectivity index is 1.95. The number of rotatable bonds is 3. The van der Waals surface area contributed by atoms with Gasteiger partial charge in [0.05, 0.1) is 12.8 Å². The van der Waals surface area contributed by atoms with Crippen molar-refractivity contribution in [3.8, 4) is 0 Å². The number of hydrogen-bond acceptors (Lipinski definition) is 3. The molecule has 0 radical (unpaired) electrons. The molecule has 4 nitrogen and oxygen atoms in total. The van der Waals surface area contributed by atoms with Gasteiger partial charge in [-0.05, 0) is 48.9 Å². The topological polar surface area (TPSA) is 50.7 Å².